The first kappa shape index (κ1) is 23.5. The second-order valence-electron chi connectivity index (χ2n) is 7.11. The molecule has 0 saturated carbocycles. The van der Waals surface area contributed by atoms with Crippen molar-refractivity contribution in [2.75, 3.05) is 11.9 Å². The molecule has 0 spiro atoms. The third kappa shape index (κ3) is 11.2. The molecule has 1 aromatic rings. The van der Waals surface area contributed by atoms with Gasteiger partial charge in [0.15, 0.2) is 0 Å². The number of allylic oxidation sites excluding steroid dienone is 6. The van der Waals surface area contributed by atoms with Crippen molar-refractivity contribution in [2.45, 2.75) is 59.3 Å². The number of hydrogen-bond acceptors (Lipinski definition) is 2. The Labute approximate surface area is 170 Å². The smallest absolute Gasteiger partial charge is 0.328 e. The largest absolute Gasteiger partial charge is 0.478 e. The molecule has 0 fully saturated rings. The summed E-state index contributed by atoms with van der Waals surface area (Å²) >= 11 is 0. The maximum absolute atomic E-state index is 10.6. The quantitative estimate of drug-likeness (QED) is 0.219. The summed E-state index contributed by atoms with van der Waals surface area (Å²) in [4.78, 5) is 10.6. The van der Waals surface area contributed by atoms with E-state index < -0.39 is 5.97 Å². The Morgan fingerprint density at radius 2 is 1.71 bits per heavy atom. The first-order valence-electron chi connectivity index (χ1n) is 10.3. The second-order valence-corrected chi connectivity index (χ2v) is 7.11. The van der Waals surface area contributed by atoms with Crippen LogP contribution in [0.3, 0.4) is 0 Å². The van der Waals surface area contributed by atoms with Gasteiger partial charge in [0.1, 0.15) is 0 Å². The van der Waals surface area contributed by atoms with Crippen LogP contribution >= 0.6 is 0 Å². The number of nitrogens with one attached hydrogen (secondary N) is 1. The van der Waals surface area contributed by atoms with E-state index in [9.17, 15) is 4.79 Å². The predicted octanol–water partition coefficient (Wildman–Crippen LogP) is 7.01. The molecular weight excluding hydrogens is 346 g/mol. The Kier molecular flexibility index (Phi) is 12.2. The molecule has 0 saturated heterocycles. The van der Waals surface area contributed by atoms with Crippen LogP contribution in [0.2, 0.25) is 0 Å². The lowest BCUT2D eigenvalue weighted by Crippen LogP contribution is -2.02. The van der Waals surface area contributed by atoms with Crippen molar-refractivity contribution in [3.05, 3.63) is 71.4 Å². The van der Waals surface area contributed by atoms with Gasteiger partial charge in [-0.15, -0.1) is 0 Å². The van der Waals surface area contributed by atoms with E-state index in [1.54, 1.807) is 13.0 Å². The summed E-state index contributed by atoms with van der Waals surface area (Å²) in [6.07, 6.45) is 18.8. The topological polar surface area (TPSA) is 49.3 Å². The molecule has 0 unspecified atom stereocenters. The minimum atomic E-state index is -0.923. The number of aliphatic carboxylic acids is 1. The Bertz CT molecular complexity index is 711. The Hall–Kier alpha value is -2.55. The average Bonchev–Trinajstić information content (AvgIpc) is 2.66. The van der Waals surface area contributed by atoms with Crippen molar-refractivity contribution < 1.29 is 9.90 Å². The predicted molar refractivity (Wildman–Crippen MR) is 122 cm³/mol. The maximum atomic E-state index is 10.6. The summed E-state index contributed by atoms with van der Waals surface area (Å²) in [5.74, 6) is -0.923. The van der Waals surface area contributed by atoms with Gasteiger partial charge in [-0.2, -0.15) is 0 Å². The second kappa shape index (κ2) is 14.5. The van der Waals surface area contributed by atoms with Crippen LogP contribution in [0.25, 0.3) is 6.08 Å². The van der Waals surface area contributed by atoms with Gasteiger partial charge in [0.25, 0.3) is 0 Å². The zero-order chi connectivity index (χ0) is 20.6. The van der Waals surface area contributed by atoms with Crippen molar-refractivity contribution in [3.63, 3.8) is 0 Å². The van der Waals surface area contributed by atoms with Gasteiger partial charge in [-0.25, -0.2) is 4.79 Å². The number of hydrogen-bond donors (Lipinski definition) is 2. The third-order valence-corrected chi connectivity index (χ3v) is 4.40. The molecule has 0 atom stereocenters. The summed E-state index contributed by atoms with van der Waals surface area (Å²) in [6.45, 7) is 7.05. The standard InChI is InChI=1S/C25H35NO2/c1-4-5-6-7-8-11-19-26-24-16-10-9-15-23(24)18-17-21(2)13-12-14-22(3)20-25(27)28/h9-10,12-18,20,26H,4-8,11,19H2,1-3H3,(H,27,28)/b14-12+,18-17+,21-13+,22-20+. The van der Waals surface area contributed by atoms with Gasteiger partial charge in [-0.05, 0) is 37.5 Å². The van der Waals surface area contributed by atoms with Crippen molar-refractivity contribution in [1.82, 2.24) is 0 Å². The van der Waals surface area contributed by atoms with E-state index in [4.69, 9.17) is 5.11 Å². The van der Waals surface area contributed by atoms with Crippen molar-refractivity contribution in [1.29, 1.82) is 0 Å². The molecule has 0 bridgehead atoms. The van der Waals surface area contributed by atoms with Crippen molar-refractivity contribution in [2.24, 2.45) is 0 Å². The van der Waals surface area contributed by atoms with Crippen molar-refractivity contribution in [3.8, 4) is 0 Å². The van der Waals surface area contributed by atoms with Gasteiger partial charge < -0.3 is 10.4 Å². The SMILES string of the molecule is CCCCCCCCNc1ccccc1/C=C/C(C)=C/C=C/C(C)=C/C(=O)O. The summed E-state index contributed by atoms with van der Waals surface area (Å²) in [5, 5.41) is 12.3. The minimum Gasteiger partial charge on any atom is -0.478 e. The van der Waals surface area contributed by atoms with Gasteiger partial charge in [0.05, 0.1) is 0 Å². The van der Waals surface area contributed by atoms with Gasteiger partial charge in [-0.3, -0.25) is 0 Å². The van der Waals surface area contributed by atoms with Crippen molar-refractivity contribution >= 4 is 17.7 Å². The number of rotatable bonds is 13. The Morgan fingerprint density at radius 1 is 1.00 bits per heavy atom. The first-order chi connectivity index (χ1) is 13.5. The van der Waals surface area contributed by atoms with Gasteiger partial charge >= 0.3 is 5.97 Å². The van der Waals surface area contributed by atoms with Gasteiger partial charge in [0, 0.05) is 18.3 Å². The first-order valence-corrected chi connectivity index (χ1v) is 10.3. The molecule has 2 N–H and O–H groups in total. The molecule has 1 rings (SSSR count). The number of carboxylic acids is 1. The lowest BCUT2D eigenvalue weighted by atomic mass is 10.1. The Balaban J connectivity index is 2.55. The highest BCUT2D eigenvalue weighted by atomic mass is 16.4. The number of carboxylic acid groups (broad SMARTS) is 1. The van der Waals surface area contributed by atoms with E-state index in [0.29, 0.717) is 5.57 Å². The highest BCUT2D eigenvalue weighted by molar-refractivity contribution is 5.81. The molecule has 0 heterocycles. The lowest BCUT2D eigenvalue weighted by molar-refractivity contribution is -0.131. The number of anilines is 1. The molecule has 3 nitrogen and oxygen atoms in total. The zero-order valence-electron chi connectivity index (χ0n) is 17.6. The fourth-order valence-corrected chi connectivity index (χ4v) is 2.80. The summed E-state index contributed by atoms with van der Waals surface area (Å²) in [7, 11) is 0. The molecule has 3 heteroatoms. The van der Waals surface area contributed by atoms with Crippen LogP contribution < -0.4 is 5.32 Å². The van der Waals surface area contributed by atoms with Gasteiger partial charge in [-0.1, -0.05) is 93.2 Å². The normalized spacial score (nSPS) is 12.8. The van der Waals surface area contributed by atoms with E-state index >= 15 is 0 Å². The van der Waals surface area contributed by atoms with Crippen LogP contribution in [0.15, 0.2) is 65.8 Å². The maximum Gasteiger partial charge on any atom is 0.328 e. The Morgan fingerprint density at radius 3 is 2.46 bits per heavy atom. The monoisotopic (exact) mass is 381 g/mol. The van der Waals surface area contributed by atoms with Crippen LogP contribution in [-0.2, 0) is 4.79 Å². The van der Waals surface area contributed by atoms with Crippen LogP contribution in [0.5, 0.6) is 0 Å². The molecule has 0 amide bonds. The fourth-order valence-electron chi connectivity index (χ4n) is 2.80. The van der Waals surface area contributed by atoms with Crippen LogP contribution in [-0.4, -0.2) is 17.6 Å². The number of para-hydroxylation sites is 1. The molecule has 0 aliphatic heterocycles. The molecule has 28 heavy (non-hydrogen) atoms. The zero-order valence-corrected chi connectivity index (χ0v) is 17.6. The van der Waals surface area contributed by atoms with Crippen LogP contribution in [0.1, 0.15) is 64.9 Å². The minimum absolute atomic E-state index is 0.713. The average molecular weight is 382 g/mol. The third-order valence-electron chi connectivity index (χ3n) is 4.40. The van der Waals surface area contributed by atoms with E-state index in [1.807, 2.05) is 19.1 Å². The molecular formula is C25H35NO2. The van der Waals surface area contributed by atoms with E-state index in [1.165, 1.54) is 50.2 Å². The number of carbonyl (C=O) groups is 1. The summed E-state index contributed by atoms with van der Waals surface area (Å²) in [6, 6.07) is 8.34. The van der Waals surface area contributed by atoms with Crippen LogP contribution in [0, 0.1) is 0 Å². The van der Waals surface area contributed by atoms with E-state index in [0.717, 1.165) is 17.8 Å². The summed E-state index contributed by atoms with van der Waals surface area (Å²) in [5.41, 5.74) is 4.15. The van der Waals surface area contributed by atoms with E-state index in [2.05, 4.69) is 48.7 Å². The van der Waals surface area contributed by atoms with Gasteiger partial charge in [0.2, 0.25) is 0 Å². The lowest BCUT2D eigenvalue weighted by Gasteiger charge is -2.09. The molecule has 0 aliphatic rings. The molecule has 0 aliphatic carbocycles. The highest BCUT2D eigenvalue weighted by Gasteiger charge is 1.98. The highest BCUT2D eigenvalue weighted by Crippen LogP contribution is 2.18. The molecule has 1 aromatic carbocycles. The molecule has 0 radical (unpaired) electrons. The molecule has 152 valence electrons. The number of unbranched alkanes of at least 4 members (excludes halogenated alkanes) is 5. The number of benzene rings is 1. The summed E-state index contributed by atoms with van der Waals surface area (Å²) < 4.78 is 0. The van der Waals surface area contributed by atoms with Crippen LogP contribution in [0.4, 0.5) is 5.69 Å². The van der Waals surface area contributed by atoms with E-state index in [-0.39, 0.29) is 0 Å². The molecule has 0 aromatic heterocycles. The fraction of sp³-hybridized carbons (Fsp3) is 0.400.